The molecule has 1 unspecified atom stereocenters. The van der Waals surface area contributed by atoms with Gasteiger partial charge in [-0.3, -0.25) is 13.9 Å². The summed E-state index contributed by atoms with van der Waals surface area (Å²) in [4.78, 5) is 24.9. The van der Waals surface area contributed by atoms with Gasteiger partial charge in [-0.15, -0.1) is 0 Å². The van der Waals surface area contributed by atoms with Crippen LogP contribution >= 0.6 is 0 Å². The lowest BCUT2D eigenvalue weighted by molar-refractivity contribution is -0.119. The van der Waals surface area contributed by atoms with Crippen LogP contribution in [0.3, 0.4) is 0 Å². The van der Waals surface area contributed by atoms with Gasteiger partial charge in [0.15, 0.2) is 5.78 Å². The molecule has 1 aliphatic heterocycles. The number of nitrogens with zero attached hydrogens (tertiary/aromatic N) is 1. The molecule has 1 aliphatic carbocycles. The van der Waals surface area contributed by atoms with Crippen molar-refractivity contribution in [1.29, 1.82) is 0 Å². The average molecular weight is 293 g/mol. The maximum Gasteiger partial charge on any atom is 0.411 e. The first-order valence-electron chi connectivity index (χ1n) is 6.60. The molecule has 0 radical (unpaired) electrons. The molecular formula is C14H15NO4S. The Morgan fingerprint density at radius 2 is 2.15 bits per heavy atom. The number of benzene rings is 1. The molecule has 0 N–H and O–H groups in total. The Morgan fingerprint density at radius 3 is 2.80 bits per heavy atom. The van der Waals surface area contributed by atoms with Crippen molar-refractivity contribution < 1.29 is 18.5 Å². The van der Waals surface area contributed by atoms with Crippen molar-refractivity contribution in [2.45, 2.75) is 35.6 Å². The molecule has 106 valence electrons. The van der Waals surface area contributed by atoms with Crippen LogP contribution in [0.1, 0.15) is 19.8 Å². The number of hydrogen-bond donors (Lipinski definition) is 0. The zero-order valence-corrected chi connectivity index (χ0v) is 11.9. The molecule has 0 aromatic heterocycles. The number of likely N-dealkylation sites (tertiary alicyclic amines) is 1. The summed E-state index contributed by atoms with van der Waals surface area (Å²) in [7, 11) is -1.56. The van der Waals surface area contributed by atoms with Gasteiger partial charge in [0.1, 0.15) is 0 Å². The number of carbonyl (C=O) groups is 2. The van der Waals surface area contributed by atoms with E-state index in [9.17, 15) is 13.8 Å². The summed E-state index contributed by atoms with van der Waals surface area (Å²) in [6.45, 7) is 1.95. The summed E-state index contributed by atoms with van der Waals surface area (Å²) in [6.07, 6.45) is 0.393. The SMILES string of the molecule is CCOC(=O)N1[C@@H]2CCC(=O)[C@@]21S(=O)c1ccccc1. The quantitative estimate of drug-likeness (QED) is 0.796. The van der Waals surface area contributed by atoms with Crippen LogP contribution < -0.4 is 0 Å². The number of ether oxygens (including phenoxy) is 1. The van der Waals surface area contributed by atoms with E-state index in [1.165, 1.54) is 4.90 Å². The third kappa shape index (κ3) is 1.64. The van der Waals surface area contributed by atoms with Crippen LogP contribution in [-0.2, 0) is 20.3 Å². The van der Waals surface area contributed by atoms with Gasteiger partial charge < -0.3 is 4.74 Å². The van der Waals surface area contributed by atoms with Gasteiger partial charge in [-0.2, -0.15) is 0 Å². The lowest BCUT2D eigenvalue weighted by Gasteiger charge is -2.15. The molecule has 5 nitrogen and oxygen atoms in total. The minimum absolute atomic E-state index is 0.127. The summed E-state index contributed by atoms with van der Waals surface area (Å²) >= 11 is 0. The van der Waals surface area contributed by atoms with Crippen molar-refractivity contribution in [3.63, 3.8) is 0 Å². The minimum Gasteiger partial charge on any atom is -0.450 e. The zero-order valence-electron chi connectivity index (χ0n) is 11.1. The van der Waals surface area contributed by atoms with E-state index >= 15 is 0 Å². The van der Waals surface area contributed by atoms with Crippen LogP contribution in [0.25, 0.3) is 0 Å². The van der Waals surface area contributed by atoms with E-state index in [4.69, 9.17) is 4.74 Å². The Hall–Kier alpha value is -1.69. The second kappa shape index (κ2) is 4.70. The molecule has 1 aromatic carbocycles. The molecule has 1 saturated heterocycles. The monoisotopic (exact) mass is 293 g/mol. The fraction of sp³-hybridized carbons (Fsp3) is 0.429. The van der Waals surface area contributed by atoms with Gasteiger partial charge in [0.05, 0.1) is 23.4 Å². The Labute approximate surface area is 119 Å². The fourth-order valence-corrected chi connectivity index (χ4v) is 4.79. The first-order valence-corrected chi connectivity index (χ1v) is 7.75. The van der Waals surface area contributed by atoms with E-state index in [2.05, 4.69) is 0 Å². The summed E-state index contributed by atoms with van der Waals surface area (Å²) in [6, 6.07) is 8.52. The predicted molar refractivity (Wildman–Crippen MR) is 72.5 cm³/mol. The van der Waals surface area contributed by atoms with Crippen LogP contribution in [0.4, 0.5) is 4.79 Å². The smallest absolute Gasteiger partial charge is 0.411 e. The molecule has 0 spiro atoms. The van der Waals surface area contributed by atoms with Gasteiger partial charge >= 0.3 is 6.09 Å². The zero-order chi connectivity index (χ0) is 14.3. The van der Waals surface area contributed by atoms with Crippen LogP contribution in [0, 0.1) is 0 Å². The molecule has 3 atom stereocenters. The molecule has 2 fully saturated rings. The minimum atomic E-state index is -1.56. The van der Waals surface area contributed by atoms with Crippen LogP contribution in [0.15, 0.2) is 35.2 Å². The Kier molecular flexibility index (Phi) is 3.12. The predicted octanol–water partition coefficient (Wildman–Crippen LogP) is 1.69. The second-order valence-electron chi connectivity index (χ2n) is 4.82. The summed E-state index contributed by atoms with van der Waals surface area (Å²) in [5, 5.41) is 0. The maximum atomic E-state index is 12.8. The molecule has 1 heterocycles. The topological polar surface area (TPSA) is 63.5 Å². The third-order valence-corrected chi connectivity index (χ3v) is 5.76. The van der Waals surface area contributed by atoms with Crippen molar-refractivity contribution in [1.82, 2.24) is 4.90 Å². The number of amides is 1. The lowest BCUT2D eigenvalue weighted by Crippen LogP contribution is -2.35. The number of hydrogen-bond acceptors (Lipinski definition) is 4. The fourth-order valence-electron chi connectivity index (χ4n) is 2.92. The van der Waals surface area contributed by atoms with Gasteiger partial charge in [0.2, 0.25) is 4.87 Å². The molecule has 1 saturated carbocycles. The van der Waals surface area contributed by atoms with Crippen molar-refractivity contribution in [3.8, 4) is 0 Å². The first-order chi connectivity index (χ1) is 9.64. The largest absolute Gasteiger partial charge is 0.450 e. The number of ketones is 1. The Balaban J connectivity index is 1.95. The number of piperidine rings is 1. The molecular weight excluding hydrogens is 278 g/mol. The summed E-state index contributed by atoms with van der Waals surface area (Å²) in [5.74, 6) is -0.127. The van der Waals surface area contributed by atoms with Crippen molar-refractivity contribution in [2.24, 2.45) is 0 Å². The highest BCUT2D eigenvalue weighted by Gasteiger charge is 2.77. The standard InChI is InChI=1S/C14H15NO4S/c1-2-19-13(17)15-11-8-9-12(16)14(11,15)20(18)10-6-4-3-5-7-10/h3-7,11H,2,8-9H2,1H3/t11-,14+,15?,20?/m1/s1. The van der Waals surface area contributed by atoms with E-state index in [1.807, 2.05) is 6.07 Å². The summed E-state index contributed by atoms with van der Waals surface area (Å²) in [5.41, 5.74) is 0. The van der Waals surface area contributed by atoms with E-state index in [0.717, 1.165) is 0 Å². The van der Waals surface area contributed by atoms with Crippen molar-refractivity contribution in [3.05, 3.63) is 30.3 Å². The maximum absolute atomic E-state index is 12.8. The molecule has 1 aromatic rings. The molecule has 6 heteroatoms. The van der Waals surface area contributed by atoms with Gasteiger partial charge in [-0.25, -0.2) is 4.79 Å². The highest BCUT2D eigenvalue weighted by Crippen LogP contribution is 2.54. The number of Topliss-reactive ketones (excluding diaryl/α,β-unsaturated/α-hetero) is 1. The van der Waals surface area contributed by atoms with Crippen LogP contribution in [0.5, 0.6) is 0 Å². The Bertz CT molecular complexity index is 588. The van der Waals surface area contributed by atoms with Crippen molar-refractivity contribution in [2.75, 3.05) is 6.61 Å². The number of rotatable bonds is 3. The normalized spacial score (nSPS) is 28.9. The average Bonchev–Trinajstić information content (AvgIpc) is 3.04. The van der Waals surface area contributed by atoms with Gasteiger partial charge in [-0.05, 0) is 25.5 Å². The number of carbonyl (C=O) groups excluding carboxylic acids is 2. The molecule has 20 heavy (non-hydrogen) atoms. The van der Waals surface area contributed by atoms with E-state index < -0.39 is 21.8 Å². The van der Waals surface area contributed by atoms with Crippen LogP contribution in [0.2, 0.25) is 0 Å². The van der Waals surface area contributed by atoms with E-state index in [1.54, 1.807) is 31.2 Å². The van der Waals surface area contributed by atoms with Crippen LogP contribution in [-0.4, -0.2) is 38.5 Å². The second-order valence-corrected chi connectivity index (χ2v) is 6.46. The molecule has 0 bridgehead atoms. The molecule has 3 rings (SSSR count). The van der Waals surface area contributed by atoms with Crippen molar-refractivity contribution >= 4 is 22.7 Å². The highest BCUT2D eigenvalue weighted by atomic mass is 32.2. The summed E-state index contributed by atoms with van der Waals surface area (Å²) < 4.78 is 17.7. The van der Waals surface area contributed by atoms with Gasteiger partial charge in [0.25, 0.3) is 0 Å². The van der Waals surface area contributed by atoms with E-state index in [-0.39, 0.29) is 18.4 Å². The number of fused-ring (bicyclic) bond motifs is 1. The lowest BCUT2D eigenvalue weighted by atomic mass is 10.3. The first kappa shape index (κ1) is 13.3. The highest BCUT2D eigenvalue weighted by molar-refractivity contribution is 7.87. The van der Waals surface area contributed by atoms with Gasteiger partial charge in [-0.1, -0.05) is 18.2 Å². The third-order valence-electron chi connectivity index (χ3n) is 3.80. The van der Waals surface area contributed by atoms with Gasteiger partial charge in [0, 0.05) is 11.3 Å². The van der Waals surface area contributed by atoms with E-state index in [0.29, 0.717) is 17.7 Å². The Morgan fingerprint density at radius 1 is 1.45 bits per heavy atom. The molecule has 2 aliphatic rings. The molecule has 1 amide bonds.